The molecule has 2 aromatic rings. The second kappa shape index (κ2) is 8.50. The standard InChI is InChI=1S/C17H21N5OS/c1-4-24-15(12(2)3)16(23)20-17-19-11-22(21-17)10-14-7-5-13(9-18)6-8-14/h5-8,11-12,15H,4,10H2,1-3H3,(H,20,21,23)/t15-/m0/s1. The average Bonchev–Trinajstić information content (AvgIpc) is 2.99. The van der Waals surface area contributed by atoms with Crippen molar-refractivity contribution in [3.63, 3.8) is 0 Å². The number of hydrogen-bond acceptors (Lipinski definition) is 5. The molecule has 1 N–H and O–H groups in total. The van der Waals surface area contributed by atoms with Gasteiger partial charge in [0.25, 0.3) is 0 Å². The van der Waals surface area contributed by atoms with E-state index < -0.39 is 0 Å². The number of rotatable bonds is 7. The van der Waals surface area contributed by atoms with Gasteiger partial charge in [0.15, 0.2) is 0 Å². The topological polar surface area (TPSA) is 83.6 Å². The number of carbonyl (C=O) groups excluding carboxylic acids is 1. The summed E-state index contributed by atoms with van der Waals surface area (Å²) in [6.45, 7) is 6.64. The summed E-state index contributed by atoms with van der Waals surface area (Å²) in [5.74, 6) is 1.39. The fraction of sp³-hybridized carbons (Fsp3) is 0.412. The Morgan fingerprint density at radius 1 is 1.38 bits per heavy atom. The molecule has 2 rings (SSSR count). The summed E-state index contributed by atoms with van der Waals surface area (Å²) in [6.07, 6.45) is 1.59. The van der Waals surface area contributed by atoms with E-state index in [-0.39, 0.29) is 17.1 Å². The van der Waals surface area contributed by atoms with Gasteiger partial charge >= 0.3 is 0 Å². The molecule has 0 aliphatic carbocycles. The quantitative estimate of drug-likeness (QED) is 0.835. The summed E-state index contributed by atoms with van der Waals surface area (Å²) >= 11 is 1.62. The SMILES string of the molecule is CCS[C@H](C(=O)Nc1ncn(Cc2ccc(C#N)cc2)n1)C(C)C. The van der Waals surface area contributed by atoms with Crippen LogP contribution >= 0.6 is 11.8 Å². The Balaban J connectivity index is 1.99. The largest absolute Gasteiger partial charge is 0.292 e. The molecule has 0 spiro atoms. The minimum absolute atomic E-state index is 0.0621. The molecule has 0 saturated heterocycles. The van der Waals surface area contributed by atoms with Crippen LogP contribution in [0.25, 0.3) is 0 Å². The maximum atomic E-state index is 12.3. The molecule has 1 amide bonds. The minimum atomic E-state index is -0.111. The molecule has 0 fully saturated rings. The summed E-state index contributed by atoms with van der Waals surface area (Å²) in [6, 6.07) is 9.39. The van der Waals surface area contributed by atoms with Crippen molar-refractivity contribution in [1.29, 1.82) is 5.26 Å². The molecule has 7 heteroatoms. The third-order valence-corrected chi connectivity index (χ3v) is 4.86. The van der Waals surface area contributed by atoms with E-state index in [0.29, 0.717) is 18.1 Å². The monoisotopic (exact) mass is 343 g/mol. The number of anilines is 1. The first-order valence-corrected chi connectivity index (χ1v) is 8.89. The molecule has 0 saturated carbocycles. The van der Waals surface area contributed by atoms with Crippen LogP contribution in [0.3, 0.4) is 0 Å². The average molecular weight is 343 g/mol. The molecule has 1 aromatic carbocycles. The van der Waals surface area contributed by atoms with Crippen molar-refractivity contribution in [3.05, 3.63) is 41.7 Å². The third-order valence-electron chi connectivity index (χ3n) is 3.41. The smallest absolute Gasteiger partial charge is 0.248 e. The predicted octanol–water partition coefficient (Wildman–Crippen LogP) is 2.91. The number of hydrogen-bond donors (Lipinski definition) is 1. The molecule has 1 aromatic heterocycles. The normalized spacial score (nSPS) is 12.0. The Bertz CT molecular complexity index is 717. The van der Waals surface area contributed by atoms with E-state index >= 15 is 0 Å². The summed E-state index contributed by atoms with van der Waals surface area (Å²) in [4.78, 5) is 16.5. The van der Waals surface area contributed by atoms with E-state index in [9.17, 15) is 4.79 Å². The molecule has 0 aliphatic rings. The van der Waals surface area contributed by atoms with Gasteiger partial charge in [-0.3, -0.25) is 10.1 Å². The molecule has 0 unspecified atom stereocenters. The molecule has 0 radical (unpaired) electrons. The van der Waals surface area contributed by atoms with E-state index in [1.807, 2.05) is 32.9 Å². The van der Waals surface area contributed by atoms with Gasteiger partial charge in [-0.2, -0.15) is 5.26 Å². The van der Waals surface area contributed by atoms with E-state index in [4.69, 9.17) is 5.26 Å². The third kappa shape index (κ3) is 4.83. The highest BCUT2D eigenvalue weighted by Crippen LogP contribution is 2.20. The van der Waals surface area contributed by atoms with Crippen LogP contribution in [0, 0.1) is 17.2 Å². The summed E-state index contributed by atoms with van der Waals surface area (Å²) in [5, 5.41) is 15.8. The zero-order valence-electron chi connectivity index (χ0n) is 14.1. The van der Waals surface area contributed by atoms with Crippen molar-refractivity contribution in [3.8, 4) is 6.07 Å². The maximum absolute atomic E-state index is 12.3. The van der Waals surface area contributed by atoms with Gasteiger partial charge in [-0.25, -0.2) is 9.67 Å². The zero-order chi connectivity index (χ0) is 17.5. The fourth-order valence-corrected chi connectivity index (χ4v) is 3.19. The van der Waals surface area contributed by atoms with Crippen molar-refractivity contribution in [1.82, 2.24) is 14.8 Å². The molecular weight excluding hydrogens is 322 g/mol. The first-order chi connectivity index (χ1) is 11.5. The van der Waals surface area contributed by atoms with Crippen molar-refractivity contribution >= 4 is 23.6 Å². The second-order valence-corrected chi connectivity index (χ2v) is 7.10. The number of benzene rings is 1. The predicted molar refractivity (Wildman–Crippen MR) is 95.7 cm³/mol. The van der Waals surface area contributed by atoms with Crippen LogP contribution in [0.5, 0.6) is 0 Å². The lowest BCUT2D eigenvalue weighted by molar-refractivity contribution is -0.116. The Hall–Kier alpha value is -2.33. The Labute approximate surface area is 146 Å². The van der Waals surface area contributed by atoms with Crippen LogP contribution in [0.2, 0.25) is 0 Å². The number of aromatic nitrogens is 3. The molecule has 24 heavy (non-hydrogen) atoms. The zero-order valence-corrected chi connectivity index (χ0v) is 14.9. The Kier molecular flexibility index (Phi) is 6.38. The van der Waals surface area contributed by atoms with Gasteiger partial charge in [0.1, 0.15) is 6.33 Å². The molecule has 1 heterocycles. The van der Waals surface area contributed by atoms with Crippen LogP contribution in [0.15, 0.2) is 30.6 Å². The first kappa shape index (κ1) is 18.0. The summed E-state index contributed by atoms with van der Waals surface area (Å²) < 4.78 is 1.66. The van der Waals surface area contributed by atoms with Crippen LogP contribution in [-0.2, 0) is 11.3 Å². The van der Waals surface area contributed by atoms with E-state index in [1.165, 1.54) is 0 Å². The number of thioether (sulfide) groups is 1. The highest BCUT2D eigenvalue weighted by atomic mass is 32.2. The van der Waals surface area contributed by atoms with Gasteiger partial charge in [0, 0.05) is 0 Å². The van der Waals surface area contributed by atoms with Gasteiger partial charge in [0.05, 0.1) is 23.4 Å². The molecule has 0 bridgehead atoms. The van der Waals surface area contributed by atoms with Gasteiger partial charge in [-0.1, -0.05) is 32.9 Å². The Morgan fingerprint density at radius 3 is 2.67 bits per heavy atom. The lowest BCUT2D eigenvalue weighted by atomic mass is 10.1. The van der Waals surface area contributed by atoms with E-state index in [2.05, 4.69) is 21.5 Å². The van der Waals surface area contributed by atoms with Crippen LogP contribution in [0.1, 0.15) is 31.9 Å². The number of carbonyl (C=O) groups is 1. The summed E-state index contributed by atoms with van der Waals surface area (Å²) in [7, 11) is 0. The number of nitriles is 1. The summed E-state index contributed by atoms with van der Waals surface area (Å²) in [5.41, 5.74) is 1.64. The number of nitrogens with zero attached hydrogens (tertiary/aromatic N) is 4. The Morgan fingerprint density at radius 2 is 2.08 bits per heavy atom. The lowest BCUT2D eigenvalue weighted by Gasteiger charge is -2.17. The lowest BCUT2D eigenvalue weighted by Crippen LogP contribution is -2.30. The fourth-order valence-electron chi connectivity index (χ4n) is 2.23. The molecule has 126 valence electrons. The molecular formula is C17H21N5OS. The molecule has 6 nitrogen and oxygen atoms in total. The first-order valence-electron chi connectivity index (χ1n) is 7.84. The van der Waals surface area contributed by atoms with Crippen LogP contribution in [0.4, 0.5) is 5.95 Å². The van der Waals surface area contributed by atoms with E-state index in [1.54, 1.807) is 34.9 Å². The van der Waals surface area contributed by atoms with Gasteiger partial charge in [-0.15, -0.1) is 16.9 Å². The van der Waals surface area contributed by atoms with Crippen LogP contribution < -0.4 is 5.32 Å². The highest BCUT2D eigenvalue weighted by Gasteiger charge is 2.23. The number of amides is 1. The highest BCUT2D eigenvalue weighted by molar-refractivity contribution is 8.00. The van der Waals surface area contributed by atoms with Gasteiger partial charge in [0.2, 0.25) is 11.9 Å². The second-order valence-electron chi connectivity index (χ2n) is 5.68. The van der Waals surface area contributed by atoms with E-state index in [0.717, 1.165) is 11.3 Å². The minimum Gasteiger partial charge on any atom is -0.292 e. The van der Waals surface area contributed by atoms with Crippen LogP contribution in [-0.4, -0.2) is 31.7 Å². The van der Waals surface area contributed by atoms with Crippen molar-refractivity contribution in [2.75, 3.05) is 11.1 Å². The van der Waals surface area contributed by atoms with Crippen molar-refractivity contribution < 1.29 is 4.79 Å². The maximum Gasteiger partial charge on any atom is 0.248 e. The molecule has 1 atom stereocenters. The number of nitrogens with one attached hydrogen (secondary N) is 1. The van der Waals surface area contributed by atoms with Gasteiger partial charge in [-0.05, 0) is 29.4 Å². The van der Waals surface area contributed by atoms with Crippen molar-refractivity contribution in [2.24, 2.45) is 5.92 Å². The molecule has 0 aliphatic heterocycles. The van der Waals surface area contributed by atoms with Gasteiger partial charge < -0.3 is 0 Å². The van der Waals surface area contributed by atoms with Crippen molar-refractivity contribution in [2.45, 2.75) is 32.6 Å².